The van der Waals surface area contributed by atoms with E-state index in [2.05, 4.69) is 24.0 Å². The molecule has 4 rings (SSSR count). The van der Waals surface area contributed by atoms with E-state index < -0.39 is 5.82 Å². The second-order valence-electron chi connectivity index (χ2n) is 6.69. The lowest BCUT2D eigenvalue weighted by molar-refractivity contribution is 0.0706. The number of aryl methyl sites for hydroxylation is 1. The van der Waals surface area contributed by atoms with Gasteiger partial charge in [-0.25, -0.2) is 9.37 Å². The van der Waals surface area contributed by atoms with Gasteiger partial charge in [-0.05, 0) is 49.6 Å². The van der Waals surface area contributed by atoms with Crippen molar-refractivity contribution < 1.29 is 9.18 Å². The van der Waals surface area contributed by atoms with Crippen molar-refractivity contribution in [1.29, 1.82) is 0 Å². The molecule has 1 aromatic heterocycles. The van der Waals surface area contributed by atoms with Gasteiger partial charge in [-0.1, -0.05) is 18.2 Å². The summed E-state index contributed by atoms with van der Waals surface area (Å²) in [6.07, 6.45) is 1.66. The second-order valence-corrected chi connectivity index (χ2v) is 6.69. The van der Waals surface area contributed by atoms with Crippen LogP contribution in [0.5, 0.6) is 0 Å². The Kier molecular flexibility index (Phi) is 3.99. The number of aromatic amines is 1. The summed E-state index contributed by atoms with van der Waals surface area (Å²) in [7, 11) is 0. The highest BCUT2D eigenvalue weighted by molar-refractivity contribution is 5.94. The Morgan fingerprint density at radius 1 is 1.20 bits per heavy atom. The van der Waals surface area contributed by atoms with Crippen molar-refractivity contribution >= 4 is 16.9 Å². The molecule has 0 aliphatic carbocycles. The first kappa shape index (κ1) is 15.8. The molecule has 128 valence electrons. The predicted molar refractivity (Wildman–Crippen MR) is 95.1 cm³/mol. The molecule has 4 nitrogen and oxygen atoms in total. The minimum absolute atomic E-state index is 0.153. The fourth-order valence-corrected chi connectivity index (χ4v) is 3.50. The number of benzene rings is 2. The number of fused-ring (bicyclic) bond motifs is 1. The second kappa shape index (κ2) is 6.31. The summed E-state index contributed by atoms with van der Waals surface area (Å²) in [6, 6.07) is 12.4. The molecule has 2 aromatic carbocycles. The summed E-state index contributed by atoms with van der Waals surface area (Å²) in [5, 5.41) is 0. The van der Waals surface area contributed by atoms with Crippen molar-refractivity contribution in [1.82, 2.24) is 14.9 Å². The van der Waals surface area contributed by atoms with Crippen molar-refractivity contribution in [2.75, 3.05) is 13.1 Å². The number of halogens is 1. The van der Waals surface area contributed by atoms with Gasteiger partial charge in [0.25, 0.3) is 5.91 Å². The van der Waals surface area contributed by atoms with Crippen LogP contribution in [0, 0.1) is 12.7 Å². The van der Waals surface area contributed by atoms with Crippen LogP contribution in [-0.4, -0.2) is 33.9 Å². The molecule has 0 unspecified atom stereocenters. The number of H-pyrrole nitrogens is 1. The Labute approximate surface area is 145 Å². The molecule has 0 bridgehead atoms. The molecule has 1 N–H and O–H groups in total. The number of amides is 1. The third-order valence-electron chi connectivity index (χ3n) is 4.93. The van der Waals surface area contributed by atoms with E-state index in [1.807, 2.05) is 6.07 Å². The van der Waals surface area contributed by atoms with Crippen molar-refractivity contribution in [3.8, 4) is 0 Å². The summed E-state index contributed by atoms with van der Waals surface area (Å²) in [5.41, 5.74) is 3.39. The number of hydrogen-bond donors (Lipinski definition) is 1. The Hall–Kier alpha value is -2.69. The van der Waals surface area contributed by atoms with Crippen molar-refractivity contribution in [3.05, 3.63) is 65.2 Å². The Balaban J connectivity index is 1.47. The van der Waals surface area contributed by atoms with E-state index in [1.165, 1.54) is 11.6 Å². The zero-order valence-corrected chi connectivity index (χ0v) is 14.1. The first-order chi connectivity index (χ1) is 12.1. The van der Waals surface area contributed by atoms with E-state index >= 15 is 0 Å². The topological polar surface area (TPSA) is 49.0 Å². The standard InChI is InChI=1S/C20H20FN3O/c1-13-6-7-17-18(12-13)23-19(22-17)14-8-10-24(11-9-14)20(25)15-4-2-3-5-16(15)21/h2-7,12,14H,8-11H2,1H3,(H,22,23). The lowest BCUT2D eigenvalue weighted by Crippen LogP contribution is -2.38. The van der Waals surface area contributed by atoms with E-state index in [9.17, 15) is 9.18 Å². The van der Waals surface area contributed by atoms with E-state index in [1.54, 1.807) is 23.1 Å². The number of likely N-dealkylation sites (tertiary alicyclic amines) is 1. The molecule has 3 aromatic rings. The number of nitrogens with zero attached hydrogens (tertiary/aromatic N) is 2. The number of carbonyl (C=O) groups excluding carboxylic acids is 1. The third-order valence-corrected chi connectivity index (χ3v) is 4.93. The number of rotatable bonds is 2. The number of carbonyl (C=O) groups is 1. The molecule has 0 radical (unpaired) electrons. The van der Waals surface area contributed by atoms with Gasteiger partial charge in [0.05, 0.1) is 16.6 Å². The number of imidazole rings is 1. The Morgan fingerprint density at radius 2 is 1.96 bits per heavy atom. The van der Waals surface area contributed by atoms with Crippen LogP contribution in [0.4, 0.5) is 4.39 Å². The van der Waals surface area contributed by atoms with Gasteiger partial charge in [-0.15, -0.1) is 0 Å². The monoisotopic (exact) mass is 337 g/mol. The average molecular weight is 337 g/mol. The van der Waals surface area contributed by atoms with Crippen LogP contribution in [0.15, 0.2) is 42.5 Å². The van der Waals surface area contributed by atoms with Gasteiger partial charge < -0.3 is 9.88 Å². The number of hydrogen-bond acceptors (Lipinski definition) is 2. The SMILES string of the molecule is Cc1ccc2nc(C3CCN(C(=O)c4ccccc4F)CC3)[nH]c2c1. The molecule has 1 saturated heterocycles. The summed E-state index contributed by atoms with van der Waals surface area (Å²) >= 11 is 0. The minimum Gasteiger partial charge on any atom is -0.342 e. The molecule has 25 heavy (non-hydrogen) atoms. The maximum Gasteiger partial charge on any atom is 0.256 e. The van der Waals surface area contributed by atoms with Gasteiger partial charge >= 0.3 is 0 Å². The van der Waals surface area contributed by atoms with Crippen LogP contribution in [0.1, 0.15) is 40.5 Å². The smallest absolute Gasteiger partial charge is 0.256 e. The molecule has 2 heterocycles. The third kappa shape index (κ3) is 3.02. The van der Waals surface area contributed by atoms with E-state index in [-0.39, 0.29) is 11.5 Å². The first-order valence-electron chi connectivity index (χ1n) is 8.62. The predicted octanol–water partition coefficient (Wildman–Crippen LogP) is 4.03. The lowest BCUT2D eigenvalue weighted by atomic mass is 9.95. The number of nitrogens with one attached hydrogen (secondary N) is 1. The van der Waals surface area contributed by atoms with Crippen molar-refractivity contribution in [2.24, 2.45) is 0 Å². The van der Waals surface area contributed by atoms with Crippen LogP contribution in [0.3, 0.4) is 0 Å². The van der Waals surface area contributed by atoms with Gasteiger partial charge in [-0.2, -0.15) is 0 Å². The normalized spacial score (nSPS) is 15.7. The van der Waals surface area contributed by atoms with Crippen LogP contribution in [-0.2, 0) is 0 Å². The zero-order valence-electron chi connectivity index (χ0n) is 14.1. The largest absolute Gasteiger partial charge is 0.342 e. The Morgan fingerprint density at radius 3 is 2.72 bits per heavy atom. The molecular weight excluding hydrogens is 317 g/mol. The minimum atomic E-state index is -0.456. The molecule has 1 aliphatic rings. The molecule has 5 heteroatoms. The summed E-state index contributed by atoms with van der Waals surface area (Å²) in [6.45, 7) is 3.30. The van der Waals surface area contributed by atoms with Crippen LogP contribution >= 0.6 is 0 Å². The summed E-state index contributed by atoms with van der Waals surface area (Å²) in [5.74, 6) is 0.607. The zero-order chi connectivity index (χ0) is 17.4. The quantitative estimate of drug-likeness (QED) is 0.767. The summed E-state index contributed by atoms with van der Waals surface area (Å²) in [4.78, 5) is 22.4. The highest BCUT2D eigenvalue weighted by Gasteiger charge is 2.27. The average Bonchev–Trinajstić information content (AvgIpc) is 3.05. The highest BCUT2D eigenvalue weighted by Crippen LogP contribution is 2.28. The van der Waals surface area contributed by atoms with Crippen LogP contribution in [0.2, 0.25) is 0 Å². The molecule has 0 spiro atoms. The number of aromatic nitrogens is 2. The molecule has 1 aliphatic heterocycles. The van der Waals surface area contributed by atoms with Gasteiger partial charge in [0.1, 0.15) is 11.6 Å². The first-order valence-corrected chi connectivity index (χ1v) is 8.62. The maximum absolute atomic E-state index is 13.8. The lowest BCUT2D eigenvalue weighted by Gasteiger charge is -2.31. The summed E-state index contributed by atoms with van der Waals surface area (Å²) < 4.78 is 13.8. The molecular formula is C20H20FN3O. The van der Waals surface area contributed by atoms with Crippen molar-refractivity contribution in [3.63, 3.8) is 0 Å². The van der Waals surface area contributed by atoms with Gasteiger partial charge in [0.15, 0.2) is 0 Å². The van der Waals surface area contributed by atoms with Crippen LogP contribution < -0.4 is 0 Å². The Bertz CT molecular complexity index is 926. The van der Waals surface area contributed by atoms with E-state index in [4.69, 9.17) is 4.98 Å². The fourth-order valence-electron chi connectivity index (χ4n) is 3.50. The highest BCUT2D eigenvalue weighted by atomic mass is 19.1. The van der Waals surface area contributed by atoms with E-state index in [0.717, 1.165) is 29.7 Å². The molecule has 0 saturated carbocycles. The molecule has 0 atom stereocenters. The molecule has 1 amide bonds. The van der Waals surface area contributed by atoms with Gasteiger partial charge in [0, 0.05) is 19.0 Å². The maximum atomic E-state index is 13.8. The van der Waals surface area contributed by atoms with Gasteiger partial charge in [0.2, 0.25) is 0 Å². The molecule has 1 fully saturated rings. The number of piperidine rings is 1. The van der Waals surface area contributed by atoms with Gasteiger partial charge in [-0.3, -0.25) is 4.79 Å². The van der Waals surface area contributed by atoms with Crippen LogP contribution in [0.25, 0.3) is 11.0 Å². The fraction of sp³-hybridized carbons (Fsp3) is 0.300. The van der Waals surface area contributed by atoms with Crippen molar-refractivity contribution in [2.45, 2.75) is 25.7 Å². The van der Waals surface area contributed by atoms with E-state index in [0.29, 0.717) is 19.0 Å².